The van der Waals surface area contributed by atoms with Crippen LogP contribution < -0.4 is 5.73 Å². The van der Waals surface area contributed by atoms with Crippen LogP contribution in [-0.2, 0) is 0 Å². The summed E-state index contributed by atoms with van der Waals surface area (Å²) in [6.45, 7) is -0.0201. The Morgan fingerprint density at radius 2 is 2.29 bits per heavy atom. The van der Waals surface area contributed by atoms with Crippen LogP contribution in [0.3, 0.4) is 0 Å². The number of aromatic nitrogens is 3. The molecule has 2 rings (SSSR count). The van der Waals surface area contributed by atoms with Crippen molar-refractivity contribution in [3.8, 4) is 0 Å². The van der Waals surface area contributed by atoms with Crippen LogP contribution in [0.1, 0.15) is 10.5 Å². The minimum atomic E-state index is -0.143. The molecule has 0 aliphatic carbocycles. The van der Waals surface area contributed by atoms with Crippen molar-refractivity contribution in [3.05, 3.63) is 28.9 Å². The molecule has 5 nitrogen and oxygen atoms in total. The molecule has 0 radical (unpaired) electrons. The van der Waals surface area contributed by atoms with Gasteiger partial charge in [-0.2, -0.15) is 0 Å². The van der Waals surface area contributed by atoms with E-state index in [1.54, 1.807) is 16.8 Å². The molecular weight excluding hydrogens is 248 g/mol. The number of imidazole rings is 1. The molecule has 0 spiro atoms. The lowest BCUT2D eigenvalue weighted by Crippen LogP contribution is -2.15. The van der Waals surface area contributed by atoms with E-state index in [2.05, 4.69) is 25.9 Å². The van der Waals surface area contributed by atoms with Crippen LogP contribution in [-0.4, -0.2) is 26.7 Å². The summed E-state index contributed by atoms with van der Waals surface area (Å²) in [5.74, 6) is -0.143. The van der Waals surface area contributed by atoms with Gasteiger partial charge in [0, 0.05) is 6.20 Å². The van der Waals surface area contributed by atoms with Crippen LogP contribution in [0.2, 0.25) is 0 Å². The number of hydrogen-bond donors (Lipinski definition) is 1. The van der Waals surface area contributed by atoms with Crippen molar-refractivity contribution >= 4 is 27.4 Å². The highest BCUT2D eigenvalue weighted by Gasteiger charge is 2.10. The molecule has 0 aromatic carbocycles. The van der Waals surface area contributed by atoms with Gasteiger partial charge in [-0.1, -0.05) is 0 Å². The van der Waals surface area contributed by atoms with Gasteiger partial charge >= 0.3 is 0 Å². The highest BCUT2D eigenvalue weighted by Crippen LogP contribution is 2.10. The van der Waals surface area contributed by atoms with Gasteiger partial charge in [-0.05, 0) is 15.9 Å². The Balaban J connectivity index is 2.67. The second-order valence-electron chi connectivity index (χ2n) is 2.71. The summed E-state index contributed by atoms with van der Waals surface area (Å²) in [4.78, 5) is 19.4. The lowest BCUT2D eigenvalue weighted by atomic mass is 10.3. The monoisotopic (exact) mass is 254 g/mol. The van der Waals surface area contributed by atoms with E-state index in [0.717, 1.165) is 0 Å². The first kappa shape index (κ1) is 9.29. The van der Waals surface area contributed by atoms with Crippen molar-refractivity contribution in [3.63, 3.8) is 0 Å². The van der Waals surface area contributed by atoms with E-state index < -0.39 is 0 Å². The van der Waals surface area contributed by atoms with Gasteiger partial charge in [0.2, 0.25) is 0 Å². The fourth-order valence-corrected chi connectivity index (χ4v) is 1.48. The molecule has 2 N–H and O–H groups in total. The summed E-state index contributed by atoms with van der Waals surface area (Å²) in [6.07, 6.45) is 4.77. The molecule has 0 bridgehead atoms. The third-order valence-corrected chi connectivity index (χ3v) is 2.25. The summed E-state index contributed by atoms with van der Waals surface area (Å²) in [5.41, 5.74) is 6.38. The number of carbonyl (C=O) groups is 1. The molecule has 0 atom stereocenters. The van der Waals surface area contributed by atoms with Crippen LogP contribution in [0.4, 0.5) is 0 Å². The van der Waals surface area contributed by atoms with Gasteiger partial charge in [0.05, 0.1) is 18.9 Å². The minimum Gasteiger partial charge on any atom is -0.324 e. The Hall–Kier alpha value is -1.27. The van der Waals surface area contributed by atoms with Gasteiger partial charge in [-0.15, -0.1) is 0 Å². The first-order chi connectivity index (χ1) is 6.72. The number of Topliss-reactive ketones (excluding diaryl/α,β-unsaturated/α-hetero) is 1. The van der Waals surface area contributed by atoms with Crippen molar-refractivity contribution in [1.82, 2.24) is 14.4 Å². The summed E-state index contributed by atoms with van der Waals surface area (Å²) < 4.78 is 2.31. The van der Waals surface area contributed by atoms with Crippen molar-refractivity contribution < 1.29 is 4.79 Å². The van der Waals surface area contributed by atoms with Gasteiger partial charge in [0.25, 0.3) is 0 Å². The summed E-state index contributed by atoms with van der Waals surface area (Å²) in [5, 5.41) is 0. The first-order valence-corrected chi connectivity index (χ1v) is 4.73. The van der Waals surface area contributed by atoms with E-state index in [1.807, 2.05) is 0 Å². The number of carbonyl (C=O) groups excluding carboxylic acids is 1. The van der Waals surface area contributed by atoms with Gasteiger partial charge in [-0.25, -0.2) is 9.97 Å². The van der Waals surface area contributed by atoms with Gasteiger partial charge in [0.15, 0.2) is 11.4 Å². The summed E-state index contributed by atoms with van der Waals surface area (Å²) >= 11 is 3.22. The zero-order valence-corrected chi connectivity index (χ0v) is 8.73. The number of ketones is 1. The van der Waals surface area contributed by atoms with Crippen LogP contribution in [0.5, 0.6) is 0 Å². The first-order valence-electron chi connectivity index (χ1n) is 3.94. The fraction of sp³-hybridized carbons (Fsp3) is 0.125. The Morgan fingerprint density at radius 3 is 3.00 bits per heavy atom. The van der Waals surface area contributed by atoms with Crippen molar-refractivity contribution in [1.29, 1.82) is 0 Å². The molecule has 72 valence electrons. The zero-order chi connectivity index (χ0) is 10.1. The highest BCUT2D eigenvalue weighted by molar-refractivity contribution is 9.10. The highest BCUT2D eigenvalue weighted by atomic mass is 79.9. The van der Waals surface area contributed by atoms with E-state index in [-0.39, 0.29) is 12.3 Å². The molecule has 2 aromatic rings. The molecule has 0 aliphatic rings. The van der Waals surface area contributed by atoms with Crippen molar-refractivity contribution in [2.75, 3.05) is 6.54 Å². The molecule has 0 saturated carbocycles. The van der Waals surface area contributed by atoms with E-state index >= 15 is 0 Å². The maximum absolute atomic E-state index is 11.4. The smallest absolute Gasteiger partial charge is 0.194 e. The third kappa shape index (κ3) is 1.42. The van der Waals surface area contributed by atoms with E-state index in [4.69, 9.17) is 5.73 Å². The van der Waals surface area contributed by atoms with Gasteiger partial charge in [0.1, 0.15) is 10.3 Å². The molecule has 0 saturated heterocycles. The topological polar surface area (TPSA) is 73.3 Å². The Labute approximate surface area is 88.1 Å². The van der Waals surface area contributed by atoms with Crippen molar-refractivity contribution in [2.24, 2.45) is 5.73 Å². The normalized spacial score (nSPS) is 10.7. The Morgan fingerprint density at radius 1 is 1.50 bits per heavy atom. The van der Waals surface area contributed by atoms with Crippen LogP contribution >= 0.6 is 15.9 Å². The molecule has 6 heteroatoms. The fourth-order valence-electron chi connectivity index (χ4n) is 1.18. The van der Waals surface area contributed by atoms with Crippen LogP contribution in [0.25, 0.3) is 5.65 Å². The second kappa shape index (κ2) is 3.47. The van der Waals surface area contributed by atoms with Crippen LogP contribution in [0.15, 0.2) is 23.2 Å². The average Bonchev–Trinajstić information content (AvgIpc) is 2.59. The average molecular weight is 255 g/mol. The lowest BCUT2D eigenvalue weighted by molar-refractivity contribution is 0.0996. The number of nitrogens with two attached hydrogens (primary N) is 1. The number of nitrogens with zero attached hydrogens (tertiary/aromatic N) is 3. The van der Waals surface area contributed by atoms with E-state index in [9.17, 15) is 4.79 Å². The molecule has 0 unspecified atom stereocenters. The molecule has 14 heavy (non-hydrogen) atoms. The molecule has 2 aromatic heterocycles. The number of hydrogen-bond acceptors (Lipinski definition) is 4. The predicted octanol–water partition coefficient (Wildman–Crippen LogP) is 0.633. The second-order valence-corrected chi connectivity index (χ2v) is 3.52. The molecule has 2 heterocycles. The van der Waals surface area contributed by atoms with Crippen LogP contribution in [0, 0.1) is 0 Å². The maximum atomic E-state index is 11.4. The quantitative estimate of drug-likeness (QED) is 0.799. The zero-order valence-electron chi connectivity index (χ0n) is 7.14. The number of fused-ring (bicyclic) bond motifs is 1. The predicted molar refractivity (Wildman–Crippen MR) is 54.1 cm³/mol. The van der Waals surface area contributed by atoms with Gasteiger partial charge in [-0.3, -0.25) is 9.20 Å². The molecule has 0 fully saturated rings. The van der Waals surface area contributed by atoms with Gasteiger partial charge < -0.3 is 5.73 Å². The Bertz CT molecular complexity index is 493. The molecule has 0 amide bonds. The van der Waals surface area contributed by atoms with Crippen molar-refractivity contribution in [2.45, 2.75) is 0 Å². The summed E-state index contributed by atoms with van der Waals surface area (Å²) in [6, 6.07) is 0. The minimum absolute atomic E-state index is 0.0201. The SMILES string of the molecule is NCC(=O)c1cnc2cnc(Br)cn12. The van der Waals surface area contributed by atoms with E-state index in [1.165, 1.54) is 6.20 Å². The lowest BCUT2D eigenvalue weighted by Gasteiger charge is -1.98. The molecular formula is C8H7BrN4O. The number of halogens is 1. The standard InChI is InChI=1S/C8H7BrN4O/c9-7-4-13-5(6(14)1-10)2-12-8(13)3-11-7/h2-4H,1,10H2. The largest absolute Gasteiger partial charge is 0.324 e. The van der Waals surface area contributed by atoms with E-state index in [0.29, 0.717) is 15.9 Å². The number of rotatable bonds is 2. The third-order valence-electron chi connectivity index (χ3n) is 1.84. The summed E-state index contributed by atoms with van der Waals surface area (Å²) in [7, 11) is 0. The maximum Gasteiger partial charge on any atom is 0.194 e. The molecule has 0 aliphatic heterocycles. The Kier molecular flexibility index (Phi) is 2.30.